The van der Waals surface area contributed by atoms with Gasteiger partial charge in [-0.3, -0.25) is 4.79 Å². The maximum absolute atomic E-state index is 13.0. The summed E-state index contributed by atoms with van der Waals surface area (Å²) in [6.07, 6.45) is 2.50. The van der Waals surface area contributed by atoms with E-state index in [2.05, 4.69) is 110 Å². The number of benzene rings is 1. The van der Waals surface area contributed by atoms with Crippen molar-refractivity contribution in [1.29, 1.82) is 0 Å². The molecule has 0 aliphatic carbocycles. The smallest absolute Gasteiger partial charge is 0.313 e. The third-order valence-corrected chi connectivity index (χ3v) is 8.15. The fourth-order valence-corrected chi connectivity index (χ4v) is 5.24. The number of carbonyl (C=O) groups excluding carboxylic acids is 1. The number of hydrogen-bond acceptors (Lipinski definition) is 4. The van der Waals surface area contributed by atoms with E-state index in [1.165, 1.54) is 0 Å². The lowest BCUT2D eigenvalue weighted by molar-refractivity contribution is -0.145. The zero-order chi connectivity index (χ0) is 25.5. The number of rotatable bonds is 13. The molecular weight excluding hydrogens is 716 g/mol. The summed E-state index contributed by atoms with van der Waals surface area (Å²) in [5.74, 6) is -0.550. The van der Waals surface area contributed by atoms with Gasteiger partial charge in [-0.2, -0.15) is 0 Å². The van der Waals surface area contributed by atoms with E-state index in [-0.39, 0.29) is 23.9 Å². The molecule has 0 radical (unpaired) electrons. The summed E-state index contributed by atoms with van der Waals surface area (Å²) >= 11 is 13.7. The Bertz CT molecular complexity index is 723. The molecule has 1 aromatic carbocycles. The minimum atomic E-state index is -1.64. The van der Waals surface area contributed by atoms with Gasteiger partial charge in [0.25, 0.3) is 0 Å². The standard InChI is InChI=1S/C23H38Br4O4Si2/c1-22(15-30-32(2,3)4,16-31-33(5,6)7)14-8-9-20(18-10-12-19(24)13-11-18)21(28)29-17-23(25,26)27/h10-13,20H,8-9,14-17H2,1-7H3/t20-/m0/s1. The van der Waals surface area contributed by atoms with Gasteiger partial charge < -0.3 is 13.6 Å². The molecule has 0 bridgehead atoms. The maximum atomic E-state index is 13.0. The summed E-state index contributed by atoms with van der Waals surface area (Å²) in [7, 11) is -3.29. The van der Waals surface area contributed by atoms with Crippen LogP contribution in [0.15, 0.2) is 28.7 Å². The number of hydrogen-bond donors (Lipinski definition) is 0. The summed E-state index contributed by atoms with van der Waals surface area (Å²) in [6.45, 7) is 17.1. The lowest BCUT2D eigenvalue weighted by Crippen LogP contribution is -2.39. The third kappa shape index (κ3) is 15.0. The van der Waals surface area contributed by atoms with Crippen LogP contribution < -0.4 is 0 Å². The Balaban J connectivity index is 2.93. The highest BCUT2D eigenvalue weighted by Crippen LogP contribution is 2.35. The molecule has 0 N–H and O–H groups in total. The van der Waals surface area contributed by atoms with Crippen molar-refractivity contribution in [3.8, 4) is 0 Å². The maximum Gasteiger partial charge on any atom is 0.313 e. The van der Waals surface area contributed by atoms with Gasteiger partial charge in [-0.1, -0.05) is 89.2 Å². The second-order valence-corrected chi connectivity index (χ2v) is 28.0. The van der Waals surface area contributed by atoms with E-state index in [4.69, 9.17) is 13.6 Å². The first kappa shape index (κ1) is 32.0. The molecule has 0 heterocycles. The fraction of sp³-hybridized carbons (Fsp3) is 0.696. The molecule has 0 aliphatic rings. The first-order valence-electron chi connectivity index (χ1n) is 11.2. The molecule has 0 amide bonds. The van der Waals surface area contributed by atoms with Crippen molar-refractivity contribution >= 4 is 86.3 Å². The number of alkyl halides is 3. The molecule has 33 heavy (non-hydrogen) atoms. The topological polar surface area (TPSA) is 44.8 Å². The van der Waals surface area contributed by atoms with Crippen LogP contribution in [-0.4, -0.2) is 44.6 Å². The lowest BCUT2D eigenvalue weighted by atomic mass is 9.84. The predicted octanol–water partition coefficient (Wildman–Crippen LogP) is 8.79. The molecule has 1 aromatic rings. The Morgan fingerprint density at radius 1 is 0.909 bits per heavy atom. The molecule has 4 nitrogen and oxygen atoms in total. The van der Waals surface area contributed by atoms with E-state index in [1.807, 2.05) is 24.3 Å². The average molecular weight is 754 g/mol. The predicted molar refractivity (Wildman–Crippen MR) is 158 cm³/mol. The highest BCUT2D eigenvalue weighted by atomic mass is 80.0. The Morgan fingerprint density at radius 2 is 1.39 bits per heavy atom. The van der Waals surface area contributed by atoms with Crippen molar-refractivity contribution < 1.29 is 18.4 Å². The van der Waals surface area contributed by atoms with Crippen molar-refractivity contribution in [2.24, 2.45) is 5.41 Å². The van der Waals surface area contributed by atoms with Gasteiger partial charge in [-0.25, -0.2) is 0 Å². The van der Waals surface area contributed by atoms with Crippen molar-refractivity contribution in [1.82, 2.24) is 0 Å². The summed E-state index contributed by atoms with van der Waals surface area (Å²) in [6, 6.07) is 7.91. The van der Waals surface area contributed by atoms with E-state index in [0.29, 0.717) is 19.6 Å². The van der Waals surface area contributed by atoms with Crippen molar-refractivity contribution in [3.63, 3.8) is 0 Å². The van der Waals surface area contributed by atoms with Gasteiger partial charge in [0.2, 0.25) is 0 Å². The van der Waals surface area contributed by atoms with Gasteiger partial charge in [0.1, 0.15) is 6.61 Å². The van der Waals surface area contributed by atoms with E-state index < -0.39 is 18.8 Å². The Kier molecular flexibility index (Phi) is 13.1. The molecule has 0 aliphatic heterocycles. The van der Waals surface area contributed by atoms with Gasteiger partial charge in [-0.15, -0.1) is 0 Å². The minimum Gasteiger partial charge on any atom is -0.462 e. The highest BCUT2D eigenvalue weighted by Gasteiger charge is 2.32. The molecular formula is C23H38Br4O4Si2. The average Bonchev–Trinajstić information content (AvgIpc) is 2.66. The van der Waals surface area contributed by atoms with Gasteiger partial charge in [0, 0.05) is 23.1 Å². The second-order valence-electron chi connectivity index (χ2n) is 10.8. The van der Waals surface area contributed by atoms with Crippen LogP contribution in [0.5, 0.6) is 0 Å². The molecule has 0 unspecified atom stereocenters. The summed E-state index contributed by atoms with van der Waals surface area (Å²) in [5, 5.41) is 0. The van der Waals surface area contributed by atoms with E-state index in [9.17, 15) is 4.79 Å². The zero-order valence-electron chi connectivity index (χ0n) is 20.8. The number of carbonyl (C=O) groups is 1. The SMILES string of the molecule is CC(CCC[C@H](C(=O)OCC(Br)(Br)Br)c1ccc(Br)cc1)(CO[Si](C)(C)C)CO[Si](C)(C)C. The van der Waals surface area contributed by atoms with Gasteiger partial charge in [-0.05, 0) is 69.8 Å². The molecule has 0 spiro atoms. The van der Waals surface area contributed by atoms with Gasteiger partial charge in [0.15, 0.2) is 18.8 Å². The number of esters is 1. The zero-order valence-corrected chi connectivity index (χ0v) is 29.1. The first-order valence-corrected chi connectivity index (χ1v) is 21.1. The molecule has 0 saturated carbocycles. The largest absolute Gasteiger partial charge is 0.462 e. The molecule has 0 fully saturated rings. The highest BCUT2D eigenvalue weighted by molar-refractivity contribution is 9.39. The summed E-state index contributed by atoms with van der Waals surface area (Å²) < 4.78 is 18.6. The monoisotopic (exact) mass is 750 g/mol. The molecule has 1 atom stereocenters. The third-order valence-electron chi connectivity index (χ3n) is 4.92. The summed E-state index contributed by atoms with van der Waals surface area (Å²) in [5.41, 5.74) is 0.872. The van der Waals surface area contributed by atoms with E-state index >= 15 is 0 Å². The van der Waals surface area contributed by atoms with E-state index in [0.717, 1.165) is 22.9 Å². The molecule has 0 aromatic heterocycles. The first-order chi connectivity index (χ1) is 14.9. The van der Waals surface area contributed by atoms with Crippen LogP contribution in [0, 0.1) is 5.41 Å². The van der Waals surface area contributed by atoms with Crippen LogP contribution in [0.3, 0.4) is 0 Å². The lowest BCUT2D eigenvalue weighted by Gasteiger charge is -2.35. The van der Waals surface area contributed by atoms with Crippen LogP contribution >= 0.6 is 63.7 Å². The summed E-state index contributed by atoms with van der Waals surface area (Å²) in [4.78, 5) is 13.0. The normalized spacial score (nSPS) is 14.3. The Labute approximate surface area is 236 Å². The van der Waals surface area contributed by atoms with Crippen LogP contribution in [0.25, 0.3) is 0 Å². The van der Waals surface area contributed by atoms with Crippen molar-refractivity contribution in [2.45, 2.75) is 73.5 Å². The van der Waals surface area contributed by atoms with Gasteiger partial charge >= 0.3 is 5.97 Å². The van der Waals surface area contributed by atoms with E-state index in [1.54, 1.807) is 0 Å². The quantitative estimate of drug-likeness (QED) is 0.115. The minimum absolute atomic E-state index is 0.0918. The molecule has 0 saturated heterocycles. The van der Waals surface area contributed by atoms with Crippen LogP contribution in [0.2, 0.25) is 39.3 Å². The second kappa shape index (κ2) is 13.5. The molecule has 10 heteroatoms. The molecule has 1 rings (SSSR count). The van der Waals surface area contributed by atoms with Crippen molar-refractivity contribution in [3.05, 3.63) is 34.3 Å². The van der Waals surface area contributed by atoms with Crippen LogP contribution in [-0.2, 0) is 18.4 Å². The van der Waals surface area contributed by atoms with Crippen LogP contribution in [0.1, 0.15) is 37.7 Å². The fourth-order valence-electron chi connectivity index (χ4n) is 3.07. The number of halogens is 4. The molecule has 190 valence electrons. The number of ether oxygens (including phenoxy) is 1. The van der Waals surface area contributed by atoms with Crippen molar-refractivity contribution in [2.75, 3.05) is 19.8 Å². The van der Waals surface area contributed by atoms with Crippen LogP contribution in [0.4, 0.5) is 0 Å². The van der Waals surface area contributed by atoms with Gasteiger partial charge in [0.05, 0.1) is 5.92 Å². The Morgan fingerprint density at radius 3 is 1.82 bits per heavy atom. The Hall–Kier alpha value is 0.964.